The molecule has 3 heterocycles. The first kappa shape index (κ1) is 29.8. The molecule has 3 aromatic carbocycles. The predicted molar refractivity (Wildman–Crippen MR) is 173 cm³/mol. The number of para-hydroxylation sites is 1. The number of nitrogens with zero attached hydrogens (tertiary/aromatic N) is 4. The summed E-state index contributed by atoms with van der Waals surface area (Å²) in [7, 11) is 2.13. The van der Waals surface area contributed by atoms with Crippen molar-refractivity contribution in [3.8, 4) is 22.8 Å². The quantitative estimate of drug-likeness (QED) is 0.270. The Kier molecular flexibility index (Phi) is 8.74. The fourth-order valence-corrected chi connectivity index (χ4v) is 5.94. The van der Waals surface area contributed by atoms with E-state index < -0.39 is 5.91 Å². The number of urea groups is 1. The standard InChI is InChI=1S/C35H36N6O4/c1-39(23-24-6-5-7-27(22-24)41-21-18-32(42)38-35(41)44)26-16-19-40(20-17-26)31-15-14-30(34(36)43)33(37-31)25-10-12-29(13-11-25)45-28-8-3-2-4-9-28/h2-15,22,26H,16-21,23H2,1H3,(H2,36,43)(H,38,42,44). The van der Waals surface area contributed by atoms with Gasteiger partial charge in [0.1, 0.15) is 17.3 Å². The average Bonchev–Trinajstić information content (AvgIpc) is 3.05. The minimum absolute atomic E-state index is 0.239. The lowest BCUT2D eigenvalue weighted by Crippen LogP contribution is -2.49. The maximum absolute atomic E-state index is 12.3. The summed E-state index contributed by atoms with van der Waals surface area (Å²) in [5, 5.41) is 2.39. The van der Waals surface area contributed by atoms with Gasteiger partial charge >= 0.3 is 6.03 Å². The zero-order valence-corrected chi connectivity index (χ0v) is 25.2. The van der Waals surface area contributed by atoms with E-state index in [1.165, 1.54) is 0 Å². The molecule has 4 amide bonds. The average molecular weight is 605 g/mol. The third-order valence-electron chi connectivity index (χ3n) is 8.37. The number of pyridine rings is 1. The molecule has 6 rings (SSSR count). The molecule has 10 nitrogen and oxygen atoms in total. The number of amides is 4. The first-order valence-electron chi connectivity index (χ1n) is 15.1. The number of ether oxygens (including phenoxy) is 1. The van der Waals surface area contributed by atoms with E-state index in [9.17, 15) is 14.4 Å². The normalized spacial score (nSPS) is 15.7. The molecule has 0 spiro atoms. The van der Waals surface area contributed by atoms with Crippen molar-refractivity contribution in [2.45, 2.75) is 31.8 Å². The number of aromatic nitrogens is 1. The molecule has 1 aromatic heterocycles. The molecule has 4 aromatic rings. The predicted octanol–water partition coefficient (Wildman–Crippen LogP) is 5.19. The first-order valence-corrected chi connectivity index (χ1v) is 15.1. The molecule has 2 aliphatic rings. The number of carbonyl (C=O) groups excluding carboxylic acids is 3. The van der Waals surface area contributed by atoms with Gasteiger partial charge in [-0.25, -0.2) is 9.78 Å². The van der Waals surface area contributed by atoms with Crippen LogP contribution in [0.4, 0.5) is 16.3 Å². The topological polar surface area (TPSA) is 121 Å². The van der Waals surface area contributed by atoms with Crippen LogP contribution in [0.1, 0.15) is 35.2 Å². The Labute approximate surface area is 262 Å². The largest absolute Gasteiger partial charge is 0.457 e. The van der Waals surface area contributed by atoms with Crippen LogP contribution in [0.25, 0.3) is 11.3 Å². The molecule has 0 saturated carbocycles. The number of hydrogen-bond donors (Lipinski definition) is 2. The van der Waals surface area contributed by atoms with Gasteiger partial charge in [0.05, 0.1) is 11.3 Å². The number of nitrogens with two attached hydrogens (primary N) is 1. The van der Waals surface area contributed by atoms with Crippen LogP contribution in [-0.4, -0.2) is 60.5 Å². The van der Waals surface area contributed by atoms with Crippen molar-refractivity contribution in [3.63, 3.8) is 0 Å². The second kappa shape index (κ2) is 13.2. The molecule has 0 atom stereocenters. The monoisotopic (exact) mass is 604 g/mol. The van der Waals surface area contributed by atoms with Gasteiger partial charge in [-0.1, -0.05) is 30.3 Å². The van der Waals surface area contributed by atoms with E-state index in [-0.39, 0.29) is 11.9 Å². The van der Waals surface area contributed by atoms with Crippen LogP contribution in [0.2, 0.25) is 0 Å². The molecule has 230 valence electrons. The fourth-order valence-electron chi connectivity index (χ4n) is 5.94. The number of nitrogens with one attached hydrogen (secondary N) is 1. The highest BCUT2D eigenvalue weighted by Gasteiger charge is 2.26. The van der Waals surface area contributed by atoms with Gasteiger partial charge in [0.2, 0.25) is 5.91 Å². The number of primary amides is 1. The lowest BCUT2D eigenvalue weighted by molar-refractivity contribution is -0.120. The van der Waals surface area contributed by atoms with Crippen molar-refractivity contribution in [2.24, 2.45) is 5.73 Å². The van der Waals surface area contributed by atoms with Crippen LogP contribution >= 0.6 is 0 Å². The maximum Gasteiger partial charge on any atom is 0.328 e. The van der Waals surface area contributed by atoms with Gasteiger partial charge in [-0.3, -0.25) is 24.7 Å². The van der Waals surface area contributed by atoms with Crippen molar-refractivity contribution >= 4 is 29.4 Å². The Morgan fingerprint density at radius 3 is 2.38 bits per heavy atom. The molecule has 3 N–H and O–H groups in total. The van der Waals surface area contributed by atoms with E-state index in [4.69, 9.17) is 15.5 Å². The zero-order chi connectivity index (χ0) is 31.3. The van der Waals surface area contributed by atoms with Gasteiger partial charge < -0.3 is 15.4 Å². The Hall–Kier alpha value is -5.22. The smallest absolute Gasteiger partial charge is 0.328 e. The Balaban J connectivity index is 1.10. The summed E-state index contributed by atoms with van der Waals surface area (Å²) in [4.78, 5) is 47.3. The van der Waals surface area contributed by atoms with Crippen molar-refractivity contribution in [3.05, 3.63) is 102 Å². The van der Waals surface area contributed by atoms with E-state index in [2.05, 4.69) is 28.2 Å². The van der Waals surface area contributed by atoms with E-state index in [1.807, 2.05) is 78.9 Å². The highest BCUT2D eigenvalue weighted by atomic mass is 16.5. The summed E-state index contributed by atoms with van der Waals surface area (Å²) >= 11 is 0. The van der Waals surface area contributed by atoms with E-state index in [1.54, 1.807) is 11.0 Å². The molecular weight excluding hydrogens is 568 g/mol. The summed E-state index contributed by atoms with van der Waals surface area (Å²) in [6, 6.07) is 28.6. The van der Waals surface area contributed by atoms with Crippen LogP contribution in [0.3, 0.4) is 0 Å². The van der Waals surface area contributed by atoms with Gasteiger partial charge in [-0.05, 0) is 86.1 Å². The summed E-state index contributed by atoms with van der Waals surface area (Å²) < 4.78 is 5.92. The number of imide groups is 1. The Morgan fingerprint density at radius 2 is 1.67 bits per heavy atom. The van der Waals surface area contributed by atoms with Crippen LogP contribution < -0.4 is 25.6 Å². The minimum atomic E-state index is -0.521. The fraction of sp³-hybridized carbons (Fsp3) is 0.257. The summed E-state index contributed by atoms with van der Waals surface area (Å²) in [5.74, 6) is 1.49. The van der Waals surface area contributed by atoms with Crippen molar-refractivity contribution in [1.29, 1.82) is 0 Å². The Morgan fingerprint density at radius 1 is 0.933 bits per heavy atom. The molecule has 2 fully saturated rings. The number of benzene rings is 3. The van der Waals surface area contributed by atoms with Crippen LogP contribution in [0.15, 0.2) is 91.0 Å². The molecule has 2 aliphatic heterocycles. The maximum atomic E-state index is 12.3. The molecule has 0 radical (unpaired) electrons. The van der Waals surface area contributed by atoms with Gasteiger partial charge in [0.25, 0.3) is 5.91 Å². The van der Waals surface area contributed by atoms with E-state index >= 15 is 0 Å². The lowest BCUT2D eigenvalue weighted by atomic mass is 10.0. The zero-order valence-electron chi connectivity index (χ0n) is 25.2. The minimum Gasteiger partial charge on any atom is -0.457 e. The highest BCUT2D eigenvalue weighted by molar-refractivity contribution is 6.05. The molecule has 0 unspecified atom stereocenters. The molecule has 2 saturated heterocycles. The van der Waals surface area contributed by atoms with E-state index in [0.29, 0.717) is 36.0 Å². The van der Waals surface area contributed by atoms with Crippen molar-refractivity contribution in [1.82, 2.24) is 15.2 Å². The number of piperidine rings is 1. The third-order valence-corrected chi connectivity index (χ3v) is 8.37. The second-order valence-electron chi connectivity index (χ2n) is 11.4. The van der Waals surface area contributed by atoms with Crippen molar-refractivity contribution in [2.75, 3.05) is 36.5 Å². The van der Waals surface area contributed by atoms with Gasteiger partial charge in [-0.15, -0.1) is 0 Å². The molecule has 45 heavy (non-hydrogen) atoms. The summed E-state index contributed by atoms with van der Waals surface area (Å²) in [6.07, 6.45) is 2.20. The third kappa shape index (κ3) is 6.97. The van der Waals surface area contributed by atoms with Crippen LogP contribution in [0, 0.1) is 0 Å². The number of hydrogen-bond acceptors (Lipinski definition) is 7. The highest BCUT2D eigenvalue weighted by Crippen LogP contribution is 2.30. The number of anilines is 2. The van der Waals surface area contributed by atoms with Crippen LogP contribution in [-0.2, 0) is 11.3 Å². The number of carbonyl (C=O) groups is 3. The van der Waals surface area contributed by atoms with Crippen molar-refractivity contribution < 1.29 is 19.1 Å². The first-order chi connectivity index (χ1) is 21.8. The number of rotatable bonds is 9. The van der Waals surface area contributed by atoms with E-state index in [0.717, 1.165) is 60.9 Å². The Bertz CT molecular complexity index is 1690. The van der Waals surface area contributed by atoms with Gasteiger partial charge in [-0.2, -0.15) is 0 Å². The van der Waals surface area contributed by atoms with Gasteiger partial charge in [0.15, 0.2) is 0 Å². The molecule has 0 bridgehead atoms. The lowest BCUT2D eigenvalue weighted by Gasteiger charge is -2.37. The molecule has 10 heteroatoms. The van der Waals surface area contributed by atoms with Crippen LogP contribution in [0.5, 0.6) is 11.5 Å². The summed E-state index contributed by atoms with van der Waals surface area (Å²) in [6.45, 7) is 2.77. The summed E-state index contributed by atoms with van der Waals surface area (Å²) in [5.41, 5.74) is 9.35. The second-order valence-corrected chi connectivity index (χ2v) is 11.4. The molecular formula is C35H36N6O4. The SMILES string of the molecule is CN(Cc1cccc(N2CCC(=O)NC2=O)c1)C1CCN(c2ccc(C(N)=O)c(-c3ccc(Oc4ccccc4)cc3)n2)CC1. The molecule has 0 aliphatic carbocycles. The van der Waals surface area contributed by atoms with Gasteiger partial charge in [0, 0.05) is 49.9 Å².